The van der Waals surface area contributed by atoms with E-state index < -0.39 is 0 Å². The Balaban J connectivity index is 2.36. The second-order valence-corrected chi connectivity index (χ2v) is 5.21. The van der Waals surface area contributed by atoms with Gasteiger partial charge >= 0.3 is 0 Å². The minimum Gasteiger partial charge on any atom is -0.383 e. The molecule has 2 aromatic heterocycles. The summed E-state index contributed by atoms with van der Waals surface area (Å²) in [5, 5.41) is 4.30. The van der Waals surface area contributed by atoms with Crippen molar-refractivity contribution >= 4 is 17.6 Å². The Morgan fingerprint density at radius 1 is 1.33 bits per heavy atom. The average molecular weight is 263 g/mol. The summed E-state index contributed by atoms with van der Waals surface area (Å²) in [5.41, 5.74) is 7.01. The van der Waals surface area contributed by atoms with Crippen LogP contribution in [0.2, 0.25) is 0 Å². The maximum Gasteiger partial charge on any atom is 0.159 e. The fourth-order valence-corrected chi connectivity index (χ4v) is 2.43. The van der Waals surface area contributed by atoms with E-state index in [-0.39, 0.29) is 0 Å². The molecule has 0 bridgehead atoms. The lowest BCUT2D eigenvalue weighted by atomic mass is 10.4. The van der Waals surface area contributed by atoms with Crippen molar-refractivity contribution in [1.29, 1.82) is 0 Å². The molecule has 2 rings (SSSR count). The van der Waals surface area contributed by atoms with E-state index >= 15 is 0 Å². The summed E-state index contributed by atoms with van der Waals surface area (Å²) in [6.45, 7) is 5.94. The molecule has 2 N–H and O–H groups in total. The van der Waals surface area contributed by atoms with Crippen LogP contribution in [0.15, 0.2) is 17.2 Å². The molecule has 0 spiro atoms. The van der Waals surface area contributed by atoms with Crippen LogP contribution < -0.4 is 5.73 Å². The molecule has 2 aromatic rings. The van der Waals surface area contributed by atoms with Crippen LogP contribution >= 0.6 is 11.8 Å². The van der Waals surface area contributed by atoms with E-state index in [1.165, 1.54) is 0 Å². The highest BCUT2D eigenvalue weighted by atomic mass is 32.2. The number of aryl methyl sites for hydroxylation is 2. The predicted octanol–water partition coefficient (Wildman–Crippen LogP) is 2.36. The summed E-state index contributed by atoms with van der Waals surface area (Å²) in [6, 6.07) is 1.88. The van der Waals surface area contributed by atoms with Crippen LogP contribution in [-0.2, 0) is 0 Å². The lowest BCUT2D eigenvalue weighted by Crippen LogP contribution is -2.06. The number of nitrogens with zero attached hydrogens (tertiary/aromatic N) is 4. The van der Waals surface area contributed by atoms with Crippen LogP contribution in [0.25, 0.3) is 5.82 Å². The Morgan fingerprint density at radius 3 is 2.78 bits per heavy atom. The van der Waals surface area contributed by atoms with Crippen molar-refractivity contribution in [3.8, 4) is 5.82 Å². The molecule has 6 heteroatoms. The van der Waals surface area contributed by atoms with Crippen molar-refractivity contribution in [2.24, 2.45) is 0 Å². The van der Waals surface area contributed by atoms with E-state index in [1.54, 1.807) is 22.6 Å². The third-order valence-electron chi connectivity index (χ3n) is 2.40. The number of anilines is 1. The minimum absolute atomic E-state index is 0.644. The van der Waals surface area contributed by atoms with Gasteiger partial charge in [0.15, 0.2) is 5.82 Å². The van der Waals surface area contributed by atoms with Crippen LogP contribution in [0.1, 0.15) is 24.9 Å². The summed E-state index contributed by atoms with van der Waals surface area (Å²) in [4.78, 5) is 9.61. The fraction of sp³-hybridized carbons (Fsp3) is 0.417. The van der Waals surface area contributed by atoms with Crippen LogP contribution in [0.3, 0.4) is 0 Å². The Morgan fingerprint density at radius 2 is 2.11 bits per heavy atom. The zero-order chi connectivity index (χ0) is 13.1. The molecule has 96 valence electrons. The highest BCUT2D eigenvalue weighted by molar-refractivity contribution is 7.99. The van der Waals surface area contributed by atoms with E-state index in [1.807, 2.05) is 19.9 Å². The van der Waals surface area contributed by atoms with Crippen LogP contribution in [-0.4, -0.2) is 25.5 Å². The molecular weight excluding hydrogens is 246 g/mol. The molecule has 2 heterocycles. The first kappa shape index (κ1) is 12.9. The van der Waals surface area contributed by atoms with Gasteiger partial charge in [0, 0.05) is 11.8 Å². The molecule has 0 saturated carbocycles. The summed E-state index contributed by atoms with van der Waals surface area (Å²) in [6.07, 6.45) is 2.91. The molecule has 0 aromatic carbocycles. The van der Waals surface area contributed by atoms with E-state index in [0.29, 0.717) is 5.82 Å². The van der Waals surface area contributed by atoms with Crippen molar-refractivity contribution in [2.75, 3.05) is 11.5 Å². The molecule has 0 fully saturated rings. The summed E-state index contributed by atoms with van der Waals surface area (Å²) < 4.78 is 1.67. The third kappa shape index (κ3) is 2.64. The zero-order valence-electron chi connectivity index (χ0n) is 10.8. The fourth-order valence-electron chi connectivity index (χ4n) is 1.65. The van der Waals surface area contributed by atoms with E-state index in [4.69, 9.17) is 5.73 Å². The molecule has 0 radical (unpaired) electrons. The second-order valence-electron chi connectivity index (χ2n) is 4.07. The molecule has 0 saturated heterocycles. The minimum atomic E-state index is 0.644. The van der Waals surface area contributed by atoms with Gasteiger partial charge in [-0.05, 0) is 26.0 Å². The largest absolute Gasteiger partial charge is 0.383 e. The maximum atomic E-state index is 6.10. The number of rotatable bonds is 4. The van der Waals surface area contributed by atoms with Gasteiger partial charge in [0.1, 0.15) is 11.6 Å². The van der Waals surface area contributed by atoms with Gasteiger partial charge in [-0.2, -0.15) is 9.78 Å². The van der Waals surface area contributed by atoms with E-state index in [2.05, 4.69) is 22.0 Å². The summed E-state index contributed by atoms with van der Waals surface area (Å²) in [7, 11) is 0. The standard InChI is InChI=1S/C12H17N5S/c1-4-5-18-10-7-14-17(12(10)13)11-6-8(2)15-9(3)16-11/h6-7H,4-5,13H2,1-3H3. The lowest BCUT2D eigenvalue weighted by Gasteiger charge is -2.05. The number of aromatic nitrogens is 4. The topological polar surface area (TPSA) is 69.6 Å². The van der Waals surface area contributed by atoms with Crippen molar-refractivity contribution in [2.45, 2.75) is 32.1 Å². The number of hydrogen-bond acceptors (Lipinski definition) is 5. The molecule has 18 heavy (non-hydrogen) atoms. The second kappa shape index (κ2) is 5.39. The van der Waals surface area contributed by atoms with Crippen molar-refractivity contribution < 1.29 is 0 Å². The van der Waals surface area contributed by atoms with Gasteiger partial charge in [-0.3, -0.25) is 0 Å². The quantitative estimate of drug-likeness (QED) is 0.857. The van der Waals surface area contributed by atoms with Gasteiger partial charge in [-0.1, -0.05) is 6.92 Å². The van der Waals surface area contributed by atoms with Gasteiger partial charge in [0.05, 0.1) is 11.1 Å². The first-order valence-corrected chi connectivity index (χ1v) is 6.89. The molecule has 0 atom stereocenters. The number of thioether (sulfide) groups is 1. The monoisotopic (exact) mass is 263 g/mol. The molecular formula is C12H17N5S. The van der Waals surface area contributed by atoms with E-state index in [0.717, 1.165) is 34.4 Å². The highest BCUT2D eigenvalue weighted by Gasteiger charge is 2.11. The summed E-state index contributed by atoms with van der Waals surface area (Å²) >= 11 is 1.72. The highest BCUT2D eigenvalue weighted by Crippen LogP contribution is 2.26. The SMILES string of the molecule is CCCSc1cnn(-c2cc(C)nc(C)n2)c1N. The molecule has 0 aliphatic rings. The average Bonchev–Trinajstić information content (AvgIpc) is 2.67. The summed E-state index contributed by atoms with van der Waals surface area (Å²) in [5.74, 6) is 3.13. The van der Waals surface area contributed by atoms with Crippen LogP contribution in [0.5, 0.6) is 0 Å². The number of nitrogen functional groups attached to an aromatic ring is 1. The first-order valence-electron chi connectivity index (χ1n) is 5.90. The van der Waals surface area contributed by atoms with E-state index in [9.17, 15) is 0 Å². The smallest absolute Gasteiger partial charge is 0.159 e. The van der Waals surface area contributed by atoms with Crippen molar-refractivity contribution in [1.82, 2.24) is 19.7 Å². The van der Waals surface area contributed by atoms with Gasteiger partial charge in [-0.25, -0.2) is 9.97 Å². The van der Waals surface area contributed by atoms with Gasteiger partial charge in [0.2, 0.25) is 0 Å². The first-order chi connectivity index (χ1) is 8.61. The molecule has 0 aliphatic heterocycles. The van der Waals surface area contributed by atoms with Gasteiger partial charge in [0.25, 0.3) is 0 Å². The van der Waals surface area contributed by atoms with Crippen molar-refractivity contribution in [3.63, 3.8) is 0 Å². The Bertz CT molecular complexity index is 529. The molecule has 0 unspecified atom stereocenters. The predicted molar refractivity (Wildman–Crippen MR) is 74.1 cm³/mol. The number of nitrogens with two attached hydrogens (primary N) is 1. The van der Waals surface area contributed by atoms with Crippen LogP contribution in [0, 0.1) is 13.8 Å². The third-order valence-corrected chi connectivity index (χ3v) is 3.64. The Labute approximate surface area is 111 Å². The zero-order valence-corrected chi connectivity index (χ0v) is 11.7. The van der Waals surface area contributed by atoms with Crippen LogP contribution in [0.4, 0.5) is 5.82 Å². The van der Waals surface area contributed by atoms with Gasteiger partial charge in [-0.15, -0.1) is 11.8 Å². The molecule has 0 amide bonds. The van der Waals surface area contributed by atoms with Crippen molar-refractivity contribution in [3.05, 3.63) is 23.8 Å². The lowest BCUT2D eigenvalue weighted by molar-refractivity contribution is 0.830. The van der Waals surface area contributed by atoms with Gasteiger partial charge < -0.3 is 5.73 Å². The maximum absolute atomic E-state index is 6.10. The molecule has 5 nitrogen and oxygen atoms in total. The normalized spacial score (nSPS) is 10.8. The number of hydrogen-bond donors (Lipinski definition) is 1. The molecule has 0 aliphatic carbocycles. The Hall–Kier alpha value is -1.56. The Kier molecular flexibility index (Phi) is 3.86.